The maximum atomic E-state index is 12.0. The first-order chi connectivity index (χ1) is 9.47. The minimum atomic E-state index is -2.99. The van der Waals surface area contributed by atoms with Crippen molar-refractivity contribution < 1.29 is 8.42 Å². The van der Waals surface area contributed by atoms with Crippen LogP contribution in [0, 0.1) is 5.41 Å². The van der Waals surface area contributed by atoms with E-state index in [1.807, 2.05) is 0 Å². The lowest BCUT2D eigenvalue weighted by Crippen LogP contribution is -2.51. The van der Waals surface area contributed by atoms with Gasteiger partial charge in [-0.25, -0.2) is 8.42 Å². The van der Waals surface area contributed by atoms with Crippen LogP contribution in [0.2, 0.25) is 0 Å². The summed E-state index contributed by atoms with van der Waals surface area (Å²) in [6, 6.07) is 0. The molecule has 0 amide bonds. The summed E-state index contributed by atoms with van der Waals surface area (Å²) in [5, 5.41) is -0.290. The van der Waals surface area contributed by atoms with Gasteiger partial charge in [0.05, 0.1) is 0 Å². The highest BCUT2D eigenvalue weighted by Gasteiger charge is 2.38. The van der Waals surface area contributed by atoms with Crippen LogP contribution in [0.25, 0.3) is 0 Å². The molecule has 0 aromatic carbocycles. The van der Waals surface area contributed by atoms with Crippen molar-refractivity contribution in [2.45, 2.75) is 43.9 Å². The first-order valence-corrected chi connectivity index (χ1v) is 11.3. The molecule has 2 fully saturated rings. The van der Waals surface area contributed by atoms with Gasteiger partial charge >= 0.3 is 0 Å². The van der Waals surface area contributed by atoms with Crippen LogP contribution in [0.4, 0.5) is 0 Å². The molecule has 0 N–H and O–H groups in total. The van der Waals surface area contributed by atoms with E-state index in [0.717, 1.165) is 30.3 Å². The van der Waals surface area contributed by atoms with Crippen molar-refractivity contribution in [3.05, 3.63) is 0 Å². The molecule has 1 heterocycles. The number of nitrogens with zero attached hydrogens (tertiary/aromatic N) is 1. The summed E-state index contributed by atoms with van der Waals surface area (Å²) in [5.74, 6) is 2.66. The van der Waals surface area contributed by atoms with Crippen molar-refractivity contribution in [1.82, 2.24) is 4.90 Å². The van der Waals surface area contributed by atoms with Gasteiger partial charge in [-0.2, -0.15) is 24.4 Å². The van der Waals surface area contributed by atoms with Crippen molar-refractivity contribution in [2.24, 2.45) is 5.41 Å². The monoisotopic (exact) mass is 337 g/mol. The lowest BCUT2D eigenvalue weighted by atomic mass is 9.81. The van der Waals surface area contributed by atoms with Gasteiger partial charge < -0.3 is 0 Å². The first kappa shape index (κ1) is 17.0. The van der Waals surface area contributed by atoms with Gasteiger partial charge in [0.25, 0.3) is 0 Å². The normalized spacial score (nSPS) is 29.0. The molecule has 0 aromatic rings. The van der Waals surface area contributed by atoms with Crippen LogP contribution in [0.5, 0.6) is 0 Å². The summed E-state index contributed by atoms with van der Waals surface area (Å²) >= 11 is 6.38. The molecule has 1 atom stereocenters. The Kier molecular flexibility index (Phi) is 6.15. The van der Waals surface area contributed by atoms with Gasteiger partial charge in [0.1, 0.15) is 5.37 Å². The number of thiol groups is 1. The second kappa shape index (κ2) is 7.25. The van der Waals surface area contributed by atoms with Crippen molar-refractivity contribution in [2.75, 3.05) is 36.6 Å². The summed E-state index contributed by atoms with van der Waals surface area (Å²) in [6.07, 6.45) is 8.98. The Labute approximate surface area is 133 Å². The molecule has 1 saturated carbocycles. The molecule has 3 nitrogen and oxygen atoms in total. The average Bonchev–Trinajstić information content (AvgIpc) is 2.64. The molecule has 1 aliphatic heterocycles. The molecule has 2 aliphatic rings. The maximum absolute atomic E-state index is 12.0. The third-order valence-electron chi connectivity index (χ3n) is 4.72. The van der Waals surface area contributed by atoms with Gasteiger partial charge in [-0.05, 0) is 24.0 Å². The summed E-state index contributed by atoms with van der Waals surface area (Å²) in [5.41, 5.74) is 0.227. The van der Waals surface area contributed by atoms with Crippen molar-refractivity contribution in [1.29, 1.82) is 0 Å². The van der Waals surface area contributed by atoms with Crippen LogP contribution >= 0.6 is 24.4 Å². The number of hydrogen-bond acceptors (Lipinski definition) is 5. The van der Waals surface area contributed by atoms with Crippen molar-refractivity contribution in [3.8, 4) is 0 Å². The minimum absolute atomic E-state index is 0.227. The van der Waals surface area contributed by atoms with Crippen LogP contribution < -0.4 is 0 Å². The Morgan fingerprint density at radius 2 is 1.90 bits per heavy atom. The van der Waals surface area contributed by atoms with Gasteiger partial charge in [0.2, 0.25) is 0 Å². The molecule has 1 unspecified atom stereocenters. The van der Waals surface area contributed by atoms with Gasteiger partial charge in [-0.1, -0.05) is 25.7 Å². The predicted molar refractivity (Wildman–Crippen MR) is 91.5 cm³/mol. The van der Waals surface area contributed by atoms with E-state index in [0.29, 0.717) is 0 Å². The SMILES string of the molecule is CS(=O)(=O)C1CSCCN1CC1(CS)CCCCCC1. The van der Waals surface area contributed by atoms with Crippen molar-refractivity contribution in [3.63, 3.8) is 0 Å². The fraction of sp³-hybridized carbons (Fsp3) is 1.00. The molecule has 118 valence electrons. The van der Waals surface area contributed by atoms with Crippen LogP contribution in [0.3, 0.4) is 0 Å². The zero-order valence-electron chi connectivity index (χ0n) is 12.4. The molecule has 0 radical (unpaired) electrons. The van der Waals surface area contributed by atoms with Crippen LogP contribution in [0.15, 0.2) is 0 Å². The van der Waals surface area contributed by atoms with Crippen LogP contribution in [-0.4, -0.2) is 55.3 Å². The fourth-order valence-corrected chi connectivity index (χ4v) is 6.82. The van der Waals surface area contributed by atoms with Gasteiger partial charge in [-0.15, -0.1) is 0 Å². The Balaban J connectivity index is 2.11. The molecule has 1 saturated heterocycles. The second-order valence-electron chi connectivity index (χ2n) is 6.40. The number of rotatable bonds is 4. The Bertz CT molecular complexity index is 403. The standard InChI is InChI=1S/C14H27NO2S3/c1-20(16,17)13-10-19-9-8-15(13)11-14(12-18)6-4-2-3-5-7-14/h13,18H,2-12H2,1H3. The fourth-order valence-electron chi connectivity index (χ4n) is 3.47. The maximum Gasteiger partial charge on any atom is 0.164 e. The highest BCUT2D eigenvalue weighted by atomic mass is 32.2. The molecular weight excluding hydrogens is 310 g/mol. The minimum Gasteiger partial charge on any atom is -0.285 e. The Morgan fingerprint density at radius 3 is 2.45 bits per heavy atom. The van der Waals surface area contributed by atoms with E-state index in [9.17, 15) is 8.42 Å². The third-order valence-corrected chi connectivity index (χ3v) is 8.08. The van der Waals surface area contributed by atoms with Gasteiger partial charge in [0.15, 0.2) is 9.84 Å². The zero-order chi connectivity index (χ0) is 14.6. The largest absolute Gasteiger partial charge is 0.285 e. The van der Waals surface area contributed by atoms with Crippen LogP contribution in [-0.2, 0) is 9.84 Å². The summed E-state index contributed by atoms with van der Waals surface area (Å²) in [4.78, 5) is 2.23. The Hall–Kier alpha value is 0.610. The van der Waals surface area contributed by atoms with E-state index in [4.69, 9.17) is 0 Å². The molecule has 2 rings (SSSR count). The van der Waals surface area contributed by atoms with E-state index in [-0.39, 0.29) is 10.8 Å². The van der Waals surface area contributed by atoms with E-state index >= 15 is 0 Å². The second-order valence-corrected chi connectivity index (χ2v) is 10.1. The van der Waals surface area contributed by atoms with E-state index in [2.05, 4.69) is 17.5 Å². The summed E-state index contributed by atoms with van der Waals surface area (Å²) < 4.78 is 24.0. The zero-order valence-corrected chi connectivity index (χ0v) is 14.9. The Morgan fingerprint density at radius 1 is 1.25 bits per heavy atom. The average molecular weight is 338 g/mol. The summed E-state index contributed by atoms with van der Waals surface area (Å²) in [7, 11) is -2.99. The highest BCUT2D eigenvalue weighted by molar-refractivity contribution is 8.00. The predicted octanol–water partition coefficient (Wildman–Crippen LogP) is 2.68. The third kappa shape index (κ3) is 4.31. The van der Waals surface area contributed by atoms with Crippen molar-refractivity contribution >= 4 is 34.2 Å². The van der Waals surface area contributed by atoms with E-state index in [1.54, 1.807) is 11.8 Å². The van der Waals surface area contributed by atoms with Crippen LogP contribution in [0.1, 0.15) is 38.5 Å². The van der Waals surface area contributed by atoms with Gasteiger partial charge in [-0.3, -0.25) is 4.90 Å². The van der Waals surface area contributed by atoms with E-state index < -0.39 is 9.84 Å². The number of sulfone groups is 1. The highest BCUT2D eigenvalue weighted by Crippen LogP contribution is 2.38. The molecule has 0 aromatic heterocycles. The molecule has 0 bridgehead atoms. The summed E-state index contributed by atoms with van der Waals surface area (Å²) in [6.45, 7) is 1.81. The molecular formula is C14H27NO2S3. The first-order valence-electron chi connectivity index (χ1n) is 7.58. The topological polar surface area (TPSA) is 37.4 Å². The lowest BCUT2D eigenvalue weighted by Gasteiger charge is -2.42. The molecule has 6 heteroatoms. The smallest absolute Gasteiger partial charge is 0.164 e. The molecule has 20 heavy (non-hydrogen) atoms. The van der Waals surface area contributed by atoms with Gasteiger partial charge in [0, 0.05) is 30.9 Å². The lowest BCUT2D eigenvalue weighted by molar-refractivity contribution is 0.147. The van der Waals surface area contributed by atoms with E-state index in [1.165, 1.54) is 44.8 Å². The quantitative estimate of drug-likeness (QED) is 0.632. The molecule has 0 spiro atoms. The molecule has 1 aliphatic carbocycles. The number of thioether (sulfide) groups is 1. The number of hydrogen-bond donors (Lipinski definition) is 1.